The highest BCUT2D eigenvalue weighted by atomic mass is 14.9. The van der Waals surface area contributed by atoms with Gasteiger partial charge < -0.3 is 0 Å². The molecule has 1 unspecified atom stereocenters. The second kappa shape index (κ2) is 9.00. The maximum atomic E-state index is 3.56. The lowest BCUT2D eigenvalue weighted by Gasteiger charge is -2.13. The van der Waals surface area contributed by atoms with Crippen molar-refractivity contribution >= 4 is 0 Å². The molecule has 0 amide bonds. The van der Waals surface area contributed by atoms with Crippen molar-refractivity contribution in [3.8, 4) is 11.8 Å². The summed E-state index contributed by atoms with van der Waals surface area (Å²) in [5, 5.41) is 3.56. The smallest absolute Gasteiger partial charge is 0.0948 e. The van der Waals surface area contributed by atoms with Crippen molar-refractivity contribution < 1.29 is 0 Å². The molecule has 0 spiro atoms. The number of hydrogen-bond acceptors (Lipinski definition) is 1. The fourth-order valence-corrected chi connectivity index (χ4v) is 2.15. The van der Waals surface area contributed by atoms with Gasteiger partial charge in [0.1, 0.15) is 0 Å². The average molecular weight is 277 g/mol. The van der Waals surface area contributed by atoms with E-state index in [2.05, 4.69) is 72.6 Å². The van der Waals surface area contributed by atoms with Crippen LogP contribution in [-0.2, 0) is 6.54 Å². The Morgan fingerprint density at radius 2 is 1.62 bits per heavy atom. The predicted molar refractivity (Wildman–Crippen MR) is 89.8 cm³/mol. The van der Waals surface area contributed by atoms with E-state index in [1.165, 1.54) is 24.0 Å². The summed E-state index contributed by atoms with van der Waals surface area (Å²) < 4.78 is 0. The van der Waals surface area contributed by atoms with E-state index in [0.29, 0.717) is 0 Å². The first-order valence-corrected chi connectivity index (χ1v) is 7.71. The summed E-state index contributed by atoms with van der Waals surface area (Å²) in [7, 11) is 0. The number of nitrogens with one attached hydrogen (secondary N) is 1. The molecule has 21 heavy (non-hydrogen) atoms. The molecule has 2 aromatic rings. The Morgan fingerprint density at radius 1 is 0.952 bits per heavy atom. The van der Waals surface area contributed by atoms with Crippen LogP contribution in [-0.4, -0.2) is 0 Å². The third-order valence-electron chi connectivity index (χ3n) is 3.39. The highest BCUT2D eigenvalue weighted by Crippen LogP contribution is 2.13. The quantitative estimate of drug-likeness (QED) is 0.595. The van der Waals surface area contributed by atoms with Crippen LogP contribution < -0.4 is 5.32 Å². The van der Waals surface area contributed by atoms with E-state index in [9.17, 15) is 0 Å². The Hall–Kier alpha value is -2.04. The van der Waals surface area contributed by atoms with Gasteiger partial charge in [0.15, 0.2) is 0 Å². The summed E-state index contributed by atoms with van der Waals surface area (Å²) >= 11 is 0. The molecule has 0 aliphatic carbocycles. The molecular weight excluding hydrogens is 254 g/mol. The lowest BCUT2D eigenvalue weighted by Crippen LogP contribution is -2.19. The standard InChI is InChI=1S/C20H23N/c1-2-3-4-11-16-20(19-14-9-6-10-15-19)21-17-18-12-7-5-8-13-18/h5-10,12-15,20-21H,2-4,17H2,1H3. The first-order chi connectivity index (χ1) is 10.4. The lowest BCUT2D eigenvalue weighted by molar-refractivity contribution is 0.635. The van der Waals surface area contributed by atoms with Gasteiger partial charge in [0, 0.05) is 13.0 Å². The molecule has 0 fully saturated rings. The normalized spacial score (nSPS) is 11.5. The van der Waals surface area contributed by atoms with Crippen LogP contribution in [0.15, 0.2) is 60.7 Å². The zero-order valence-corrected chi connectivity index (χ0v) is 12.7. The zero-order chi connectivity index (χ0) is 14.8. The van der Waals surface area contributed by atoms with Crippen molar-refractivity contribution in [1.82, 2.24) is 5.32 Å². The Balaban J connectivity index is 2.03. The number of rotatable bonds is 6. The zero-order valence-electron chi connectivity index (χ0n) is 12.7. The van der Waals surface area contributed by atoms with Gasteiger partial charge in [0.25, 0.3) is 0 Å². The van der Waals surface area contributed by atoms with Gasteiger partial charge in [-0.2, -0.15) is 0 Å². The van der Waals surface area contributed by atoms with Crippen LogP contribution >= 0.6 is 0 Å². The van der Waals surface area contributed by atoms with Crippen LogP contribution in [0.3, 0.4) is 0 Å². The third kappa shape index (κ3) is 5.45. The molecule has 0 radical (unpaired) electrons. The van der Waals surface area contributed by atoms with E-state index in [-0.39, 0.29) is 6.04 Å². The van der Waals surface area contributed by atoms with E-state index in [0.717, 1.165) is 13.0 Å². The molecule has 0 saturated carbocycles. The van der Waals surface area contributed by atoms with Crippen molar-refractivity contribution in [1.29, 1.82) is 0 Å². The molecule has 1 atom stereocenters. The van der Waals surface area contributed by atoms with Gasteiger partial charge in [-0.15, -0.1) is 5.92 Å². The van der Waals surface area contributed by atoms with E-state index in [4.69, 9.17) is 0 Å². The van der Waals surface area contributed by atoms with Crippen LogP contribution in [0.1, 0.15) is 43.4 Å². The SMILES string of the molecule is CCCCC#CC(NCc1ccccc1)c1ccccc1. The predicted octanol–water partition coefficient (Wildman–Crippen LogP) is 4.71. The molecule has 2 aromatic carbocycles. The maximum Gasteiger partial charge on any atom is 0.0948 e. The van der Waals surface area contributed by atoms with Crippen LogP contribution in [0.25, 0.3) is 0 Å². The van der Waals surface area contributed by atoms with Gasteiger partial charge in [0.05, 0.1) is 6.04 Å². The Labute approximate surface area is 128 Å². The fourth-order valence-electron chi connectivity index (χ4n) is 2.15. The molecule has 108 valence electrons. The molecular formula is C20H23N. The molecule has 0 aliphatic rings. The van der Waals surface area contributed by atoms with Crippen LogP contribution in [0.4, 0.5) is 0 Å². The van der Waals surface area contributed by atoms with Crippen molar-refractivity contribution in [2.24, 2.45) is 0 Å². The van der Waals surface area contributed by atoms with Crippen molar-refractivity contribution in [2.75, 3.05) is 0 Å². The molecule has 1 N–H and O–H groups in total. The Morgan fingerprint density at radius 3 is 2.29 bits per heavy atom. The minimum Gasteiger partial charge on any atom is -0.296 e. The van der Waals surface area contributed by atoms with Gasteiger partial charge in [0.2, 0.25) is 0 Å². The van der Waals surface area contributed by atoms with Gasteiger partial charge in [-0.25, -0.2) is 0 Å². The number of benzene rings is 2. The van der Waals surface area contributed by atoms with Gasteiger partial charge in [-0.3, -0.25) is 5.32 Å². The highest BCUT2D eigenvalue weighted by molar-refractivity contribution is 5.27. The second-order valence-corrected chi connectivity index (χ2v) is 5.13. The lowest BCUT2D eigenvalue weighted by atomic mass is 10.1. The molecule has 0 saturated heterocycles. The molecule has 1 nitrogen and oxygen atoms in total. The summed E-state index contributed by atoms with van der Waals surface area (Å²) in [6.07, 6.45) is 3.35. The minimum atomic E-state index is 0.100. The Bertz CT molecular complexity index is 563. The van der Waals surface area contributed by atoms with Crippen LogP contribution in [0.2, 0.25) is 0 Å². The van der Waals surface area contributed by atoms with Crippen LogP contribution in [0, 0.1) is 11.8 Å². The van der Waals surface area contributed by atoms with E-state index >= 15 is 0 Å². The largest absolute Gasteiger partial charge is 0.296 e. The van der Waals surface area contributed by atoms with Gasteiger partial charge in [-0.1, -0.05) is 79.9 Å². The van der Waals surface area contributed by atoms with E-state index < -0.39 is 0 Å². The van der Waals surface area contributed by atoms with Gasteiger partial charge >= 0.3 is 0 Å². The summed E-state index contributed by atoms with van der Waals surface area (Å²) in [5.74, 6) is 6.69. The highest BCUT2D eigenvalue weighted by Gasteiger charge is 2.06. The first kappa shape index (κ1) is 15.4. The number of unbranched alkanes of at least 4 members (excludes halogenated alkanes) is 2. The van der Waals surface area contributed by atoms with Crippen molar-refractivity contribution in [3.63, 3.8) is 0 Å². The molecule has 2 rings (SSSR count). The molecule has 0 aromatic heterocycles. The molecule has 1 heteroatoms. The van der Waals surface area contributed by atoms with Gasteiger partial charge in [-0.05, 0) is 17.5 Å². The Kier molecular flexibility index (Phi) is 6.58. The van der Waals surface area contributed by atoms with E-state index in [1.807, 2.05) is 12.1 Å². The fraction of sp³-hybridized carbons (Fsp3) is 0.300. The summed E-state index contributed by atoms with van der Waals surface area (Å²) in [6.45, 7) is 3.03. The maximum absolute atomic E-state index is 3.56. The molecule has 0 aliphatic heterocycles. The van der Waals surface area contributed by atoms with Crippen molar-refractivity contribution in [3.05, 3.63) is 71.8 Å². The topological polar surface area (TPSA) is 12.0 Å². The average Bonchev–Trinajstić information content (AvgIpc) is 2.56. The molecule has 0 bridgehead atoms. The summed E-state index contributed by atoms with van der Waals surface area (Å²) in [5.41, 5.74) is 2.52. The molecule has 0 heterocycles. The monoisotopic (exact) mass is 277 g/mol. The van der Waals surface area contributed by atoms with E-state index in [1.54, 1.807) is 0 Å². The van der Waals surface area contributed by atoms with Crippen LogP contribution in [0.5, 0.6) is 0 Å². The first-order valence-electron chi connectivity index (χ1n) is 7.71. The summed E-state index contributed by atoms with van der Waals surface area (Å²) in [4.78, 5) is 0. The third-order valence-corrected chi connectivity index (χ3v) is 3.39. The number of hydrogen-bond donors (Lipinski definition) is 1. The second-order valence-electron chi connectivity index (χ2n) is 5.13. The minimum absolute atomic E-state index is 0.100. The summed E-state index contributed by atoms with van der Waals surface area (Å²) in [6, 6.07) is 21.0. The van der Waals surface area contributed by atoms with Crippen molar-refractivity contribution in [2.45, 2.75) is 38.8 Å².